The molecule has 194 valence electrons. The van der Waals surface area contributed by atoms with Crippen molar-refractivity contribution >= 4 is 12.0 Å². The molecule has 37 heavy (non-hydrogen) atoms. The highest BCUT2D eigenvalue weighted by Crippen LogP contribution is 2.29. The van der Waals surface area contributed by atoms with Gasteiger partial charge in [-0.05, 0) is 61.2 Å². The predicted octanol–water partition coefficient (Wildman–Crippen LogP) is 3.72. The molecule has 2 saturated heterocycles. The number of aryl methyl sites for hydroxylation is 1. The van der Waals surface area contributed by atoms with Gasteiger partial charge in [-0.25, -0.2) is 13.8 Å². The summed E-state index contributed by atoms with van der Waals surface area (Å²) >= 11 is 0. The number of aromatic nitrogens is 2. The topological polar surface area (TPSA) is 70.8 Å². The fourth-order valence-corrected chi connectivity index (χ4v) is 5.21. The maximum absolute atomic E-state index is 13.6. The van der Waals surface area contributed by atoms with Crippen LogP contribution in [-0.4, -0.2) is 69.3 Å². The van der Waals surface area contributed by atoms with Crippen LogP contribution in [0.2, 0.25) is 0 Å². The molecule has 1 N–H and O–H groups in total. The predicted molar refractivity (Wildman–Crippen MR) is 135 cm³/mol. The molecule has 2 aliphatic heterocycles. The average molecular weight is 509 g/mol. The molecule has 0 aliphatic carbocycles. The second-order valence-electron chi connectivity index (χ2n) is 9.70. The molecule has 1 amide bonds. The van der Waals surface area contributed by atoms with Crippen molar-refractivity contribution in [1.29, 1.82) is 0 Å². The summed E-state index contributed by atoms with van der Waals surface area (Å²) in [5, 5.41) is 10.8. The molecule has 0 saturated carbocycles. The normalized spacial score (nSPS) is 21.7. The van der Waals surface area contributed by atoms with Crippen LogP contribution in [-0.2, 0) is 11.3 Å². The van der Waals surface area contributed by atoms with E-state index in [1.807, 2.05) is 46.9 Å². The monoisotopic (exact) mass is 508 g/mol. The van der Waals surface area contributed by atoms with Crippen molar-refractivity contribution < 1.29 is 23.4 Å². The number of ether oxygens (including phenoxy) is 1. The van der Waals surface area contributed by atoms with Crippen LogP contribution in [0.5, 0.6) is 5.75 Å². The molecule has 2 atom stereocenters. The van der Waals surface area contributed by atoms with E-state index in [-0.39, 0.29) is 11.9 Å². The Morgan fingerprint density at radius 2 is 2.00 bits per heavy atom. The lowest BCUT2D eigenvalue weighted by Gasteiger charge is -2.35. The molecule has 2 aromatic carbocycles. The summed E-state index contributed by atoms with van der Waals surface area (Å²) in [6.45, 7) is 3.69. The number of carbonyl (C=O) groups excluding carboxylic acids is 1. The Morgan fingerprint density at radius 1 is 1.16 bits per heavy atom. The summed E-state index contributed by atoms with van der Waals surface area (Å²) in [7, 11) is 1.61. The van der Waals surface area contributed by atoms with Gasteiger partial charge < -0.3 is 19.3 Å². The van der Waals surface area contributed by atoms with E-state index in [1.165, 1.54) is 6.07 Å². The standard InChI is InChI=1S/C28H30F2N4O3/c1-18-13-33(17-31-18)24-8-6-19(12-27(24)37-2)10-21-4-3-9-34(28(21)36)25-15-32(16-26(25)35)14-20-5-7-22(29)23(30)11-20/h5-8,10-13,17,25-26,35H,3-4,9,14-16H2,1-2H3/t25-,26-/m1/s1. The Bertz CT molecular complexity index is 1340. The maximum atomic E-state index is 13.6. The van der Waals surface area contributed by atoms with Gasteiger partial charge in [0.2, 0.25) is 5.91 Å². The second kappa shape index (κ2) is 10.4. The largest absolute Gasteiger partial charge is 0.495 e. The van der Waals surface area contributed by atoms with Gasteiger partial charge in [0.05, 0.1) is 37.0 Å². The molecule has 0 spiro atoms. The Kier molecular flexibility index (Phi) is 7.08. The van der Waals surface area contributed by atoms with E-state index in [9.17, 15) is 18.7 Å². The van der Waals surface area contributed by atoms with Gasteiger partial charge in [0, 0.05) is 37.9 Å². The molecule has 2 aliphatic rings. The number of rotatable bonds is 6. The van der Waals surface area contributed by atoms with E-state index < -0.39 is 17.7 Å². The molecule has 5 rings (SSSR count). The number of hydrogen-bond donors (Lipinski definition) is 1. The average Bonchev–Trinajstić information content (AvgIpc) is 3.47. The first-order valence-electron chi connectivity index (χ1n) is 12.4. The Morgan fingerprint density at radius 3 is 2.73 bits per heavy atom. The minimum atomic E-state index is -0.889. The number of aliphatic hydroxyl groups excluding tert-OH is 1. The van der Waals surface area contributed by atoms with Crippen LogP contribution < -0.4 is 4.74 Å². The van der Waals surface area contributed by atoms with Crippen molar-refractivity contribution in [1.82, 2.24) is 19.4 Å². The first kappa shape index (κ1) is 25.1. The van der Waals surface area contributed by atoms with Gasteiger partial charge in [-0.2, -0.15) is 0 Å². The van der Waals surface area contributed by atoms with E-state index in [1.54, 1.807) is 24.4 Å². The number of aliphatic hydroxyl groups is 1. The van der Waals surface area contributed by atoms with Gasteiger partial charge in [-0.3, -0.25) is 9.69 Å². The fourth-order valence-electron chi connectivity index (χ4n) is 5.21. The molecule has 1 aromatic heterocycles. The molecule has 0 bridgehead atoms. The molecular formula is C28H30F2N4O3. The van der Waals surface area contributed by atoms with E-state index in [2.05, 4.69) is 4.98 Å². The molecule has 7 nitrogen and oxygen atoms in total. The molecule has 3 heterocycles. The number of likely N-dealkylation sites (tertiary alicyclic amines) is 2. The lowest BCUT2D eigenvalue weighted by Crippen LogP contribution is -2.49. The van der Waals surface area contributed by atoms with Gasteiger partial charge in [-0.1, -0.05) is 12.1 Å². The summed E-state index contributed by atoms with van der Waals surface area (Å²) in [6, 6.07) is 9.25. The fraction of sp³-hybridized carbons (Fsp3) is 0.357. The number of amides is 1. The molecule has 2 fully saturated rings. The smallest absolute Gasteiger partial charge is 0.250 e. The maximum Gasteiger partial charge on any atom is 0.250 e. The summed E-state index contributed by atoms with van der Waals surface area (Å²) in [4.78, 5) is 21.4. The number of imidazole rings is 1. The quantitative estimate of drug-likeness (QED) is 0.514. The van der Waals surface area contributed by atoms with Crippen LogP contribution in [0.4, 0.5) is 8.78 Å². The highest BCUT2D eigenvalue weighted by Gasteiger charge is 2.39. The van der Waals surface area contributed by atoms with E-state index in [4.69, 9.17) is 4.74 Å². The van der Waals surface area contributed by atoms with Crippen molar-refractivity contribution in [3.05, 3.63) is 83.0 Å². The van der Waals surface area contributed by atoms with Crippen molar-refractivity contribution in [3.63, 3.8) is 0 Å². The lowest BCUT2D eigenvalue weighted by atomic mass is 9.98. The number of halogens is 2. The van der Waals surface area contributed by atoms with Crippen LogP contribution in [0.15, 0.2) is 54.5 Å². The van der Waals surface area contributed by atoms with Crippen LogP contribution in [0.1, 0.15) is 29.7 Å². The number of benzene rings is 2. The Hall–Kier alpha value is -3.56. The van der Waals surface area contributed by atoms with E-state index >= 15 is 0 Å². The number of nitrogens with zero attached hydrogens (tertiary/aromatic N) is 4. The first-order chi connectivity index (χ1) is 17.8. The Labute approximate surface area is 214 Å². The lowest BCUT2D eigenvalue weighted by molar-refractivity contribution is -0.132. The molecule has 9 heteroatoms. The zero-order valence-corrected chi connectivity index (χ0v) is 20.9. The SMILES string of the molecule is COc1cc(C=C2CCCN([C@@H]3CN(Cc4ccc(F)c(F)c4)C[C@H]3O)C2=O)ccc1-n1cnc(C)c1. The number of piperidine rings is 1. The molecule has 0 radical (unpaired) electrons. The van der Waals surface area contributed by atoms with Gasteiger partial charge in [0.25, 0.3) is 0 Å². The van der Waals surface area contributed by atoms with E-state index in [0.717, 1.165) is 29.4 Å². The number of carbonyl (C=O) groups is 1. The van der Waals surface area contributed by atoms with Gasteiger partial charge in [-0.15, -0.1) is 0 Å². The minimum Gasteiger partial charge on any atom is -0.495 e. The second-order valence-corrected chi connectivity index (χ2v) is 9.70. The third kappa shape index (κ3) is 5.28. The van der Waals surface area contributed by atoms with Crippen LogP contribution in [0.3, 0.4) is 0 Å². The third-order valence-electron chi connectivity index (χ3n) is 7.04. The van der Waals surface area contributed by atoms with Crippen molar-refractivity contribution in [2.24, 2.45) is 0 Å². The van der Waals surface area contributed by atoms with Crippen LogP contribution in [0.25, 0.3) is 11.8 Å². The van der Waals surface area contributed by atoms with Crippen molar-refractivity contribution in [2.75, 3.05) is 26.7 Å². The number of β-amino-alcohol motifs (C(OH)–C–C–N with tert-alkyl or cyclic N) is 1. The first-order valence-corrected chi connectivity index (χ1v) is 12.4. The summed E-state index contributed by atoms with van der Waals surface area (Å²) < 4.78 is 34.4. The number of hydrogen-bond acceptors (Lipinski definition) is 5. The summed E-state index contributed by atoms with van der Waals surface area (Å²) in [6.07, 6.45) is 6.28. The zero-order chi connectivity index (χ0) is 26.1. The molecule has 0 unspecified atom stereocenters. The van der Waals surface area contributed by atoms with E-state index in [0.29, 0.717) is 49.5 Å². The molecular weight excluding hydrogens is 478 g/mol. The highest BCUT2D eigenvalue weighted by molar-refractivity contribution is 5.98. The summed E-state index contributed by atoms with van der Waals surface area (Å²) in [5.74, 6) is -1.19. The van der Waals surface area contributed by atoms with Crippen LogP contribution >= 0.6 is 0 Å². The Balaban J connectivity index is 1.31. The number of methoxy groups -OCH3 is 1. The van der Waals surface area contributed by atoms with Crippen molar-refractivity contribution in [3.8, 4) is 11.4 Å². The minimum absolute atomic E-state index is 0.0849. The summed E-state index contributed by atoms with van der Waals surface area (Å²) in [5.41, 5.74) is 3.93. The van der Waals surface area contributed by atoms with Gasteiger partial charge >= 0.3 is 0 Å². The van der Waals surface area contributed by atoms with Crippen molar-refractivity contribution in [2.45, 2.75) is 38.5 Å². The molecule has 3 aromatic rings. The zero-order valence-electron chi connectivity index (χ0n) is 20.9. The van der Waals surface area contributed by atoms with Gasteiger partial charge in [0.1, 0.15) is 5.75 Å². The van der Waals surface area contributed by atoms with Gasteiger partial charge in [0.15, 0.2) is 11.6 Å². The highest BCUT2D eigenvalue weighted by atomic mass is 19.2. The van der Waals surface area contributed by atoms with Crippen LogP contribution in [0, 0.1) is 18.6 Å². The third-order valence-corrected chi connectivity index (χ3v) is 7.04.